The van der Waals surface area contributed by atoms with Crippen LogP contribution in [-0.2, 0) is 4.57 Å². The molecule has 0 atom stereocenters. The van der Waals surface area contributed by atoms with Crippen LogP contribution in [0.1, 0.15) is 19.3 Å². The number of imidazole rings is 1. The molecule has 0 saturated carbocycles. The third kappa shape index (κ3) is 11.3. The molecule has 0 radical (unpaired) electrons. The molecule has 0 fully saturated rings. The Kier molecular flexibility index (Phi) is 14.3. The topological polar surface area (TPSA) is 184 Å². The van der Waals surface area contributed by atoms with Crippen LogP contribution in [0.5, 0.6) is 0 Å². The van der Waals surface area contributed by atoms with E-state index >= 15 is 0 Å². The number of nitrogen functional groups attached to an aromatic ring is 1. The number of nitrogens with zero attached hydrogens (tertiary/aromatic N) is 2. The maximum atomic E-state index is 11.8. The second kappa shape index (κ2) is 13.2. The molecule has 3 rings (SSSR count). The molecule has 0 unspecified atom stereocenters. The zero-order valence-electron chi connectivity index (χ0n) is 13.9. The number of hydrogen-bond donors (Lipinski definition) is 4. The van der Waals surface area contributed by atoms with Crippen molar-refractivity contribution in [1.82, 2.24) is 19.9 Å². The summed E-state index contributed by atoms with van der Waals surface area (Å²) in [5, 5.41) is 7.51. The largest absolute Gasteiger partial charge is 1.00 e. The zero-order chi connectivity index (χ0) is 17.5. The molecule has 128 valence electrons. The number of aliphatic hydroxyl groups excluding tert-OH is 1. The summed E-state index contributed by atoms with van der Waals surface area (Å²) < 4.78 is 21.0. The van der Waals surface area contributed by atoms with E-state index in [2.05, 4.69) is 19.9 Å². The number of aromatic amines is 2. The van der Waals surface area contributed by atoms with Crippen LogP contribution in [-0.4, -0.2) is 31.4 Å². The molecule has 0 spiro atoms. The molecule has 1 aliphatic carbocycles. The fraction of sp³-hybridized carbons (Fsp3) is 0.364. The fourth-order valence-electron chi connectivity index (χ4n) is 1.49. The molecule has 0 bridgehead atoms. The molecule has 1 aliphatic rings. The van der Waals surface area contributed by atoms with Crippen LogP contribution in [0.3, 0.4) is 0 Å². The minimum atomic E-state index is -4.59. The number of aliphatic hydroxyl groups is 1. The summed E-state index contributed by atoms with van der Waals surface area (Å²) in [6.45, 7) is 0. The Bertz CT molecular complexity index is 778. The van der Waals surface area contributed by atoms with E-state index in [1.807, 2.05) is 0 Å². The third-order valence-electron chi connectivity index (χ3n) is 2.47. The first-order valence-corrected chi connectivity index (χ1v) is 8.11. The quantitative estimate of drug-likeness (QED) is 0.272. The van der Waals surface area contributed by atoms with E-state index in [1.165, 1.54) is 6.33 Å². The van der Waals surface area contributed by atoms with Crippen molar-refractivity contribution in [3.8, 4) is 0 Å². The summed E-state index contributed by atoms with van der Waals surface area (Å²) in [7, 11) is -4.59. The van der Waals surface area contributed by atoms with E-state index < -0.39 is 13.9 Å². The predicted molar refractivity (Wildman–Crippen MR) is 76.7 cm³/mol. The Morgan fingerprint density at radius 3 is 2.40 bits per heavy atom. The minimum Gasteiger partial charge on any atom is -0.809 e. The van der Waals surface area contributed by atoms with Crippen molar-refractivity contribution in [1.29, 1.82) is 0 Å². The molecular formula is C11H15FN5Na2O5P. The van der Waals surface area contributed by atoms with Gasteiger partial charge in [-0.1, -0.05) is 6.08 Å². The van der Waals surface area contributed by atoms with Crippen molar-refractivity contribution < 1.29 is 83.0 Å². The van der Waals surface area contributed by atoms with Gasteiger partial charge < -0.3 is 30.2 Å². The third-order valence-corrected chi connectivity index (χ3v) is 2.82. The van der Waals surface area contributed by atoms with Gasteiger partial charge in [0, 0.05) is 0 Å². The molecule has 0 aliphatic heterocycles. The summed E-state index contributed by atoms with van der Waals surface area (Å²) in [6.07, 6.45) is 4.41. The van der Waals surface area contributed by atoms with Crippen molar-refractivity contribution in [3.63, 3.8) is 0 Å². The number of anilines is 1. The molecule has 0 saturated heterocycles. The summed E-state index contributed by atoms with van der Waals surface area (Å²) in [6, 6.07) is 0. The Morgan fingerprint density at radius 1 is 1.40 bits per heavy atom. The average molecular weight is 393 g/mol. The van der Waals surface area contributed by atoms with Gasteiger partial charge in [0.2, 0.25) is 5.95 Å². The van der Waals surface area contributed by atoms with Gasteiger partial charge in [0.1, 0.15) is 0 Å². The summed E-state index contributed by atoms with van der Waals surface area (Å²) >= 11 is 0. The van der Waals surface area contributed by atoms with Gasteiger partial charge in [-0.25, -0.2) is 9.37 Å². The van der Waals surface area contributed by atoms with Gasteiger partial charge in [-0.2, -0.15) is 4.98 Å². The number of nitrogens with one attached hydrogen (secondary N) is 2. The average Bonchev–Trinajstić information content (AvgIpc) is 3.10. The Hall–Kier alpha value is -0.0700. The van der Waals surface area contributed by atoms with Crippen molar-refractivity contribution in [2.45, 2.75) is 19.3 Å². The number of fused-ring (bicyclic) bond motifs is 1. The summed E-state index contributed by atoms with van der Waals surface area (Å²) in [5.41, 5.74) is 5.65. The smallest absolute Gasteiger partial charge is 0.809 e. The van der Waals surface area contributed by atoms with Gasteiger partial charge in [0.25, 0.3) is 5.56 Å². The summed E-state index contributed by atoms with van der Waals surface area (Å²) in [5.74, 6) is 0.157. The van der Waals surface area contributed by atoms with Crippen LogP contribution in [0.15, 0.2) is 23.0 Å². The molecule has 0 aromatic carbocycles. The van der Waals surface area contributed by atoms with Crippen LogP contribution in [0, 0.1) is 0 Å². The molecule has 2 aromatic heterocycles. The van der Waals surface area contributed by atoms with Crippen LogP contribution in [0.25, 0.3) is 11.2 Å². The molecule has 14 heteroatoms. The number of nitrogens with two attached hydrogens (primary N) is 1. The normalized spacial score (nSPS) is 12.6. The van der Waals surface area contributed by atoms with Gasteiger partial charge >= 0.3 is 59.1 Å². The Morgan fingerprint density at radius 2 is 2.00 bits per heavy atom. The first-order valence-electron chi connectivity index (χ1n) is 6.38. The number of aromatic nitrogens is 4. The maximum Gasteiger partial charge on any atom is 1.00 e. The van der Waals surface area contributed by atoms with Crippen molar-refractivity contribution in [3.05, 3.63) is 28.6 Å². The standard InChI is InChI=1S/C5H7F.C5H5N5O.CH5O4P.2Na/c6-5-3-1-2-4-5;6-5-9-3-2(4(11)10-5)7-1-8-3;2-1-6(3,4)5;;/h3H,1-2,4H2;1H,(H4,6,7,8,9,10,11);2H,1H2,(H2,3,4,5);;/q;;;2*+1/p-2. The fourth-order valence-corrected chi connectivity index (χ4v) is 1.49. The number of hydrogen-bond acceptors (Lipinski definition) is 8. The second-order valence-electron chi connectivity index (χ2n) is 4.35. The molecule has 2 heterocycles. The number of H-pyrrole nitrogens is 2. The van der Waals surface area contributed by atoms with Crippen molar-refractivity contribution >= 4 is 24.7 Å². The maximum absolute atomic E-state index is 11.8. The molecule has 5 N–H and O–H groups in total. The van der Waals surface area contributed by atoms with Crippen LogP contribution < -0.4 is 80.2 Å². The Balaban J connectivity index is 0. The van der Waals surface area contributed by atoms with Crippen LogP contribution in [0.4, 0.5) is 10.3 Å². The van der Waals surface area contributed by atoms with Crippen molar-refractivity contribution in [2.75, 3.05) is 12.1 Å². The van der Waals surface area contributed by atoms with E-state index in [1.54, 1.807) is 6.08 Å². The first-order chi connectivity index (χ1) is 10.7. The van der Waals surface area contributed by atoms with E-state index in [4.69, 9.17) is 10.8 Å². The number of allylic oxidation sites excluding steroid dienone is 2. The van der Waals surface area contributed by atoms with Crippen LogP contribution >= 0.6 is 7.60 Å². The predicted octanol–water partition coefficient (Wildman–Crippen LogP) is -6.89. The molecule has 10 nitrogen and oxygen atoms in total. The summed E-state index contributed by atoms with van der Waals surface area (Å²) in [4.78, 5) is 42.0. The first kappa shape index (κ1) is 27.2. The van der Waals surface area contributed by atoms with Gasteiger partial charge in [0.15, 0.2) is 11.2 Å². The molecule has 2 aromatic rings. The van der Waals surface area contributed by atoms with E-state index in [-0.39, 0.29) is 76.4 Å². The minimum absolute atomic E-state index is 0. The van der Waals surface area contributed by atoms with Gasteiger partial charge in [-0.15, -0.1) is 0 Å². The second-order valence-corrected chi connectivity index (χ2v) is 5.85. The van der Waals surface area contributed by atoms with E-state index in [0.29, 0.717) is 17.6 Å². The van der Waals surface area contributed by atoms with Crippen molar-refractivity contribution in [2.24, 2.45) is 0 Å². The van der Waals surface area contributed by atoms with Gasteiger partial charge in [0.05, 0.1) is 18.5 Å². The zero-order valence-corrected chi connectivity index (χ0v) is 18.8. The molecule has 0 amide bonds. The SMILES string of the molecule is FC1=CCCC1.Nc1nc2nc[nH]c2c(=O)[nH]1.O=P([O-])([O-])CO.[Na+].[Na+]. The molecular weight excluding hydrogens is 378 g/mol. The molecule has 25 heavy (non-hydrogen) atoms. The number of halogens is 1. The van der Waals surface area contributed by atoms with Gasteiger partial charge in [-0.05, 0) is 26.9 Å². The van der Waals surface area contributed by atoms with E-state index in [0.717, 1.165) is 12.8 Å². The van der Waals surface area contributed by atoms with E-state index in [9.17, 15) is 23.5 Å². The van der Waals surface area contributed by atoms with Crippen LogP contribution in [0.2, 0.25) is 0 Å². The monoisotopic (exact) mass is 393 g/mol. The van der Waals surface area contributed by atoms with Gasteiger partial charge in [-0.3, -0.25) is 9.78 Å². The number of rotatable bonds is 1. The Labute approximate surface area is 186 Å².